The van der Waals surface area contributed by atoms with Crippen LogP contribution in [0, 0.1) is 0 Å². The molecule has 0 atom stereocenters. The second kappa shape index (κ2) is 8.16. The predicted molar refractivity (Wildman–Crippen MR) is 134 cm³/mol. The molecule has 0 aliphatic rings. The minimum absolute atomic E-state index is 0.717. The van der Waals surface area contributed by atoms with E-state index in [4.69, 9.17) is 8.39 Å². The third-order valence-corrected chi connectivity index (χ3v) is 6.95. The van der Waals surface area contributed by atoms with Gasteiger partial charge in [-0.15, -0.1) is 0 Å². The Hall–Kier alpha value is -3.59. The zero-order valence-electron chi connectivity index (χ0n) is 17.4. The van der Waals surface area contributed by atoms with E-state index in [1.807, 2.05) is 24.4 Å². The highest BCUT2D eigenvalue weighted by molar-refractivity contribution is 7.38. The molecule has 0 aliphatic carbocycles. The van der Waals surface area contributed by atoms with Gasteiger partial charge in [0.2, 0.25) is 0 Å². The first-order valence-electron chi connectivity index (χ1n) is 10.7. The Labute approximate surface area is 186 Å². The molecule has 2 heterocycles. The van der Waals surface area contributed by atoms with Gasteiger partial charge in [0.05, 0.1) is 0 Å². The predicted octanol–water partition coefficient (Wildman–Crippen LogP) is 7.78. The third kappa shape index (κ3) is 3.44. The summed E-state index contributed by atoms with van der Waals surface area (Å²) in [6, 6.07) is 31.2. The zero-order chi connectivity index (χ0) is 21.3. The van der Waals surface area contributed by atoms with Gasteiger partial charge in [0.15, 0.2) is 0 Å². The van der Waals surface area contributed by atoms with Crippen LogP contribution in [0.2, 0.25) is 0 Å². The fraction of sp³-hybridized carbons (Fsp3) is 0.0741. The molecule has 0 aliphatic heterocycles. The van der Waals surface area contributed by atoms with Gasteiger partial charge >= 0.3 is 8.16 Å². The molecule has 0 fully saturated rings. The molecule has 32 heavy (non-hydrogen) atoms. The van der Waals surface area contributed by atoms with E-state index in [0.717, 1.165) is 44.8 Å². The highest BCUT2D eigenvalue weighted by Gasteiger charge is 2.12. The van der Waals surface area contributed by atoms with Crippen LogP contribution >= 0.6 is 8.16 Å². The summed E-state index contributed by atoms with van der Waals surface area (Å²) in [7, 11) is -1.36. The SMILES string of the molecule is c1ccc(CCNp2oc3ccc4ccccc4c3c3c(ccc4ccccc43)o2)nc1. The Morgan fingerprint density at radius 1 is 0.656 bits per heavy atom. The normalized spacial score (nSPS) is 11.5. The summed E-state index contributed by atoms with van der Waals surface area (Å²) in [6.45, 7) is 0.717. The lowest BCUT2D eigenvalue weighted by atomic mass is 9.99. The summed E-state index contributed by atoms with van der Waals surface area (Å²) >= 11 is 0. The van der Waals surface area contributed by atoms with Crippen LogP contribution in [0.3, 0.4) is 0 Å². The molecule has 6 aromatic rings. The van der Waals surface area contributed by atoms with Crippen molar-refractivity contribution in [3.8, 4) is 0 Å². The fourth-order valence-electron chi connectivity index (χ4n) is 4.25. The molecule has 156 valence electrons. The maximum Gasteiger partial charge on any atom is 0.306 e. The van der Waals surface area contributed by atoms with E-state index in [2.05, 4.69) is 82.9 Å². The molecule has 5 heteroatoms. The smallest absolute Gasteiger partial charge is 0.306 e. The first-order valence-corrected chi connectivity index (χ1v) is 11.9. The van der Waals surface area contributed by atoms with Gasteiger partial charge in [0.1, 0.15) is 11.2 Å². The second-order valence-corrected chi connectivity index (χ2v) is 8.93. The maximum atomic E-state index is 6.45. The molecular formula is C27H21N2O2P. The summed E-state index contributed by atoms with van der Waals surface area (Å²) < 4.78 is 12.9. The molecule has 0 saturated carbocycles. The first-order chi connectivity index (χ1) is 15.9. The number of nitrogens with one attached hydrogen (secondary N) is 1. The Balaban J connectivity index is 1.60. The van der Waals surface area contributed by atoms with E-state index in [1.54, 1.807) is 0 Å². The van der Waals surface area contributed by atoms with Crippen molar-refractivity contribution in [3.05, 3.63) is 103 Å². The molecule has 0 amide bonds. The van der Waals surface area contributed by atoms with Crippen LogP contribution in [0.5, 0.6) is 0 Å². The van der Waals surface area contributed by atoms with E-state index in [-0.39, 0.29) is 0 Å². The van der Waals surface area contributed by atoms with E-state index in [1.165, 1.54) is 10.8 Å². The van der Waals surface area contributed by atoms with Gasteiger partial charge in [-0.25, -0.2) is 5.09 Å². The topological polar surface area (TPSA) is 51.2 Å². The third-order valence-electron chi connectivity index (χ3n) is 5.74. The molecule has 0 unspecified atom stereocenters. The minimum atomic E-state index is -1.36. The molecular weight excluding hydrogens is 415 g/mol. The van der Waals surface area contributed by atoms with Crippen molar-refractivity contribution >= 4 is 51.6 Å². The fourth-order valence-corrected chi connectivity index (χ4v) is 5.38. The Bertz CT molecular complexity index is 1510. The van der Waals surface area contributed by atoms with Gasteiger partial charge in [-0.3, -0.25) is 4.98 Å². The van der Waals surface area contributed by atoms with Crippen LogP contribution in [-0.4, -0.2) is 11.5 Å². The molecule has 4 nitrogen and oxygen atoms in total. The lowest BCUT2D eigenvalue weighted by Crippen LogP contribution is -2.02. The Kier molecular flexibility index (Phi) is 4.87. The number of nitrogens with zero attached hydrogens (tertiary/aromatic N) is 1. The van der Waals surface area contributed by atoms with Gasteiger partial charge in [-0.05, 0) is 45.8 Å². The van der Waals surface area contributed by atoms with Crippen LogP contribution in [0.1, 0.15) is 5.69 Å². The van der Waals surface area contributed by atoms with Crippen molar-refractivity contribution in [2.45, 2.75) is 6.42 Å². The lowest BCUT2D eigenvalue weighted by Gasteiger charge is -2.05. The van der Waals surface area contributed by atoms with Gasteiger partial charge in [0, 0.05) is 35.6 Å². The average Bonchev–Trinajstić information content (AvgIpc) is 3.01. The highest BCUT2D eigenvalue weighted by atomic mass is 31.1. The quantitative estimate of drug-likeness (QED) is 0.307. The van der Waals surface area contributed by atoms with Crippen LogP contribution in [0.4, 0.5) is 0 Å². The Morgan fingerprint density at radius 2 is 1.25 bits per heavy atom. The molecule has 6 rings (SSSR count). The highest BCUT2D eigenvalue weighted by Crippen LogP contribution is 2.39. The van der Waals surface area contributed by atoms with Crippen LogP contribution in [-0.2, 0) is 6.42 Å². The van der Waals surface area contributed by atoms with E-state index < -0.39 is 8.16 Å². The summed E-state index contributed by atoms with van der Waals surface area (Å²) in [5, 5.41) is 10.3. The molecule has 0 radical (unpaired) electrons. The lowest BCUT2D eigenvalue weighted by molar-refractivity contribution is 0.642. The standard InChI is InChI=1S/C27H21N2O2P/c1-3-10-22-19(7-1)12-14-24-26(22)27-23-11-4-2-8-20(23)13-15-25(27)31-32(30-24)29-18-16-21-9-5-6-17-28-21/h1-15,17,29H,16,18H2. The zero-order valence-corrected chi connectivity index (χ0v) is 18.3. The largest absolute Gasteiger partial charge is 0.408 e. The number of pyridine rings is 1. The number of benzene rings is 4. The van der Waals surface area contributed by atoms with Crippen molar-refractivity contribution in [1.82, 2.24) is 4.98 Å². The van der Waals surface area contributed by atoms with E-state index >= 15 is 0 Å². The molecule has 0 saturated heterocycles. The second-order valence-electron chi connectivity index (χ2n) is 7.74. The molecule has 0 bridgehead atoms. The summed E-state index contributed by atoms with van der Waals surface area (Å²) in [4.78, 5) is 4.41. The molecule has 0 spiro atoms. The number of hydrogen-bond acceptors (Lipinski definition) is 4. The Morgan fingerprint density at radius 3 is 1.84 bits per heavy atom. The summed E-state index contributed by atoms with van der Waals surface area (Å²) in [5.74, 6) is 0. The van der Waals surface area contributed by atoms with E-state index in [9.17, 15) is 0 Å². The van der Waals surface area contributed by atoms with Crippen molar-refractivity contribution in [1.29, 1.82) is 0 Å². The monoisotopic (exact) mass is 436 g/mol. The summed E-state index contributed by atoms with van der Waals surface area (Å²) in [5.41, 5.74) is 2.73. The number of fused-ring (bicyclic) bond motifs is 7. The molecule has 1 N–H and O–H groups in total. The number of aromatic nitrogens is 1. The molecule has 4 aromatic carbocycles. The van der Waals surface area contributed by atoms with Crippen molar-refractivity contribution in [2.75, 3.05) is 11.6 Å². The van der Waals surface area contributed by atoms with Crippen LogP contribution < -0.4 is 5.09 Å². The van der Waals surface area contributed by atoms with Crippen LogP contribution in [0.15, 0.2) is 106 Å². The number of rotatable bonds is 4. The minimum Gasteiger partial charge on any atom is -0.408 e. The van der Waals surface area contributed by atoms with Gasteiger partial charge in [-0.2, -0.15) is 0 Å². The van der Waals surface area contributed by atoms with Crippen molar-refractivity contribution < 1.29 is 8.39 Å². The van der Waals surface area contributed by atoms with Gasteiger partial charge in [-0.1, -0.05) is 66.7 Å². The van der Waals surface area contributed by atoms with Gasteiger partial charge < -0.3 is 8.39 Å². The van der Waals surface area contributed by atoms with Crippen molar-refractivity contribution in [3.63, 3.8) is 0 Å². The first kappa shape index (κ1) is 19.1. The molecule has 2 aromatic heterocycles. The maximum absolute atomic E-state index is 6.45. The van der Waals surface area contributed by atoms with Crippen LogP contribution in [0.25, 0.3) is 43.5 Å². The average molecular weight is 436 g/mol. The number of hydrogen-bond donors (Lipinski definition) is 1. The van der Waals surface area contributed by atoms with Crippen molar-refractivity contribution in [2.24, 2.45) is 0 Å². The van der Waals surface area contributed by atoms with E-state index in [0.29, 0.717) is 6.54 Å². The van der Waals surface area contributed by atoms with Gasteiger partial charge in [0.25, 0.3) is 0 Å². The summed E-state index contributed by atoms with van der Waals surface area (Å²) in [6.07, 6.45) is 2.63.